The molecule has 6 nitrogen and oxygen atoms in total. The van der Waals surface area contributed by atoms with Crippen LogP contribution in [0.5, 0.6) is 0 Å². The molecule has 0 bridgehead atoms. The molecule has 0 saturated carbocycles. The fourth-order valence-electron chi connectivity index (χ4n) is 3.46. The van der Waals surface area contributed by atoms with E-state index in [1.807, 2.05) is 24.3 Å². The number of oxazole rings is 2. The molecule has 1 aliphatic rings. The summed E-state index contributed by atoms with van der Waals surface area (Å²) in [6, 6.07) is 7.47. The largest absolute Gasteiger partial charge is 0.443 e. The summed E-state index contributed by atoms with van der Waals surface area (Å²) in [6.07, 6.45) is 6.36. The SMILES string of the molecule is Cc1ncoc1C(=O)N1CCCC[C@@H]1c1ncc(Cc2ccccc2Cl)o1. The molecule has 0 aliphatic carbocycles. The monoisotopic (exact) mass is 385 g/mol. The minimum atomic E-state index is -0.198. The van der Waals surface area contributed by atoms with E-state index in [2.05, 4.69) is 9.97 Å². The zero-order valence-corrected chi connectivity index (χ0v) is 15.8. The van der Waals surface area contributed by atoms with Crippen molar-refractivity contribution in [2.75, 3.05) is 6.54 Å². The van der Waals surface area contributed by atoms with Crippen LogP contribution in [0.1, 0.15) is 58.8 Å². The molecule has 140 valence electrons. The number of likely N-dealkylation sites (tertiary alicyclic amines) is 1. The topological polar surface area (TPSA) is 72.4 Å². The van der Waals surface area contributed by atoms with Crippen LogP contribution in [0, 0.1) is 6.92 Å². The maximum Gasteiger partial charge on any atom is 0.292 e. The smallest absolute Gasteiger partial charge is 0.292 e. The molecule has 1 aromatic carbocycles. The standard InChI is InChI=1S/C20H20ClN3O3/c1-13-18(26-12-23-13)20(25)24-9-5-4-8-17(24)19-22-11-15(27-19)10-14-6-2-3-7-16(14)21/h2-3,6-7,11-12,17H,4-5,8-10H2,1H3/t17-/m1/s1. The molecule has 4 rings (SSSR count). The van der Waals surface area contributed by atoms with Gasteiger partial charge in [-0.3, -0.25) is 4.79 Å². The van der Waals surface area contributed by atoms with Crippen molar-refractivity contribution in [3.8, 4) is 0 Å². The summed E-state index contributed by atoms with van der Waals surface area (Å²) >= 11 is 6.23. The molecule has 0 N–H and O–H groups in total. The molecule has 1 saturated heterocycles. The summed E-state index contributed by atoms with van der Waals surface area (Å²) in [5.41, 5.74) is 1.58. The number of hydrogen-bond acceptors (Lipinski definition) is 5. The normalized spacial score (nSPS) is 17.3. The van der Waals surface area contributed by atoms with Gasteiger partial charge in [-0.15, -0.1) is 0 Å². The number of nitrogens with zero attached hydrogens (tertiary/aromatic N) is 3. The molecule has 27 heavy (non-hydrogen) atoms. The molecule has 3 heterocycles. The highest BCUT2D eigenvalue weighted by atomic mass is 35.5. The van der Waals surface area contributed by atoms with E-state index >= 15 is 0 Å². The fraction of sp³-hybridized carbons (Fsp3) is 0.350. The Morgan fingerprint density at radius 1 is 1.30 bits per heavy atom. The molecule has 0 unspecified atom stereocenters. The summed E-state index contributed by atoms with van der Waals surface area (Å²) in [5, 5.41) is 0.700. The van der Waals surface area contributed by atoms with Gasteiger partial charge >= 0.3 is 0 Å². The first-order valence-electron chi connectivity index (χ1n) is 9.02. The second-order valence-electron chi connectivity index (χ2n) is 6.71. The number of halogens is 1. The van der Waals surface area contributed by atoms with Crippen molar-refractivity contribution in [2.24, 2.45) is 0 Å². The van der Waals surface area contributed by atoms with Crippen LogP contribution in [-0.2, 0) is 6.42 Å². The molecule has 1 atom stereocenters. The van der Waals surface area contributed by atoms with Crippen LogP contribution in [0.15, 0.2) is 45.7 Å². The van der Waals surface area contributed by atoms with Gasteiger partial charge in [0.05, 0.1) is 11.9 Å². The van der Waals surface area contributed by atoms with Crippen molar-refractivity contribution >= 4 is 17.5 Å². The summed E-state index contributed by atoms with van der Waals surface area (Å²) in [4.78, 5) is 23.2. The number of carbonyl (C=O) groups excluding carboxylic acids is 1. The van der Waals surface area contributed by atoms with Crippen LogP contribution < -0.4 is 0 Å². The van der Waals surface area contributed by atoms with Crippen LogP contribution in [0.25, 0.3) is 0 Å². The summed E-state index contributed by atoms with van der Waals surface area (Å²) < 4.78 is 11.3. The van der Waals surface area contributed by atoms with Crippen molar-refractivity contribution < 1.29 is 13.6 Å². The summed E-state index contributed by atoms with van der Waals surface area (Å²) in [6.45, 7) is 2.41. The van der Waals surface area contributed by atoms with E-state index < -0.39 is 0 Å². The predicted molar refractivity (Wildman–Crippen MR) is 99.6 cm³/mol. The van der Waals surface area contributed by atoms with Gasteiger partial charge in [0.2, 0.25) is 11.7 Å². The van der Waals surface area contributed by atoms with Crippen LogP contribution in [-0.4, -0.2) is 27.3 Å². The van der Waals surface area contributed by atoms with Crippen molar-refractivity contribution in [2.45, 2.75) is 38.6 Å². The Hall–Kier alpha value is -2.60. The maximum absolute atomic E-state index is 12.9. The van der Waals surface area contributed by atoms with Crippen molar-refractivity contribution in [1.82, 2.24) is 14.9 Å². The molecule has 7 heteroatoms. The Labute approximate surface area is 162 Å². The van der Waals surface area contributed by atoms with Gasteiger partial charge in [0.15, 0.2) is 6.39 Å². The molecule has 2 aromatic heterocycles. The Morgan fingerprint density at radius 2 is 2.15 bits per heavy atom. The number of carbonyl (C=O) groups is 1. The number of benzene rings is 1. The number of hydrogen-bond donors (Lipinski definition) is 0. The van der Waals surface area contributed by atoms with E-state index in [-0.39, 0.29) is 17.7 Å². The highest BCUT2D eigenvalue weighted by Gasteiger charge is 2.34. The van der Waals surface area contributed by atoms with E-state index in [1.54, 1.807) is 18.0 Å². The maximum atomic E-state index is 12.9. The first kappa shape index (κ1) is 17.8. The molecule has 1 fully saturated rings. The van der Waals surface area contributed by atoms with Gasteiger partial charge in [-0.1, -0.05) is 29.8 Å². The van der Waals surface area contributed by atoms with Gasteiger partial charge in [0, 0.05) is 18.0 Å². The first-order chi connectivity index (χ1) is 13.1. The number of amides is 1. The highest BCUT2D eigenvalue weighted by molar-refractivity contribution is 6.31. The zero-order valence-electron chi connectivity index (χ0n) is 15.0. The number of aromatic nitrogens is 2. The number of rotatable bonds is 4. The van der Waals surface area contributed by atoms with Crippen LogP contribution in [0.4, 0.5) is 0 Å². The van der Waals surface area contributed by atoms with E-state index in [0.717, 1.165) is 30.6 Å². The summed E-state index contributed by atoms with van der Waals surface area (Å²) in [7, 11) is 0. The fourth-order valence-corrected chi connectivity index (χ4v) is 3.66. The lowest BCUT2D eigenvalue weighted by Gasteiger charge is -2.33. The van der Waals surface area contributed by atoms with Gasteiger partial charge in [-0.25, -0.2) is 9.97 Å². The third-order valence-corrected chi connectivity index (χ3v) is 5.25. The second-order valence-corrected chi connectivity index (χ2v) is 7.12. The number of aryl methyl sites for hydroxylation is 1. The highest BCUT2D eigenvalue weighted by Crippen LogP contribution is 2.32. The average molecular weight is 386 g/mol. The Morgan fingerprint density at radius 3 is 2.93 bits per heavy atom. The Bertz CT molecular complexity index is 949. The van der Waals surface area contributed by atoms with Crippen LogP contribution in [0.3, 0.4) is 0 Å². The van der Waals surface area contributed by atoms with E-state index in [4.69, 9.17) is 20.4 Å². The molecule has 1 amide bonds. The van der Waals surface area contributed by atoms with Crippen molar-refractivity contribution in [3.63, 3.8) is 0 Å². The van der Waals surface area contributed by atoms with Gasteiger partial charge in [-0.2, -0.15) is 0 Å². The summed E-state index contributed by atoms with van der Waals surface area (Å²) in [5.74, 6) is 1.40. The molecule has 0 radical (unpaired) electrons. The van der Waals surface area contributed by atoms with Crippen molar-refractivity contribution in [1.29, 1.82) is 0 Å². The molecule has 1 aliphatic heterocycles. The first-order valence-corrected chi connectivity index (χ1v) is 9.40. The van der Waals surface area contributed by atoms with Crippen molar-refractivity contribution in [3.05, 3.63) is 70.5 Å². The lowest BCUT2D eigenvalue weighted by molar-refractivity contribution is 0.0537. The quantitative estimate of drug-likeness (QED) is 0.657. The van der Waals surface area contributed by atoms with E-state index in [9.17, 15) is 4.79 Å². The minimum absolute atomic E-state index is 0.166. The second kappa shape index (κ2) is 7.56. The van der Waals surface area contributed by atoms with Crippen LogP contribution >= 0.6 is 11.6 Å². The molecular formula is C20H20ClN3O3. The molecular weight excluding hydrogens is 366 g/mol. The molecule has 3 aromatic rings. The van der Waals surface area contributed by atoms with Gasteiger partial charge in [0.25, 0.3) is 5.91 Å². The van der Waals surface area contributed by atoms with Gasteiger partial charge in [0.1, 0.15) is 11.8 Å². The predicted octanol–water partition coefficient (Wildman–Crippen LogP) is 4.58. The third kappa shape index (κ3) is 3.62. The Balaban J connectivity index is 1.56. The lowest BCUT2D eigenvalue weighted by Crippen LogP contribution is -2.38. The lowest BCUT2D eigenvalue weighted by atomic mass is 10.0. The number of piperidine rings is 1. The van der Waals surface area contributed by atoms with Gasteiger partial charge in [-0.05, 0) is 37.8 Å². The minimum Gasteiger partial charge on any atom is -0.443 e. The van der Waals surface area contributed by atoms with Crippen LogP contribution in [0.2, 0.25) is 5.02 Å². The van der Waals surface area contributed by atoms with E-state index in [0.29, 0.717) is 29.6 Å². The van der Waals surface area contributed by atoms with E-state index in [1.165, 1.54) is 6.39 Å². The Kier molecular flexibility index (Phi) is 4.99. The third-order valence-electron chi connectivity index (χ3n) is 4.88. The van der Waals surface area contributed by atoms with Gasteiger partial charge < -0.3 is 13.7 Å². The zero-order chi connectivity index (χ0) is 18.8. The molecule has 0 spiro atoms. The average Bonchev–Trinajstić information content (AvgIpc) is 3.32.